The van der Waals surface area contributed by atoms with Crippen LogP contribution in [0.2, 0.25) is 0 Å². The lowest BCUT2D eigenvalue weighted by atomic mass is 10.1. The minimum absolute atomic E-state index is 0.279. The molecule has 7 heteroatoms. The van der Waals surface area contributed by atoms with Crippen molar-refractivity contribution in [3.8, 4) is 0 Å². The second kappa shape index (κ2) is 7.55. The molecule has 2 aromatic carbocycles. The van der Waals surface area contributed by atoms with Crippen LogP contribution in [0.1, 0.15) is 25.5 Å². The van der Waals surface area contributed by atoms with Crippen molar-refractivity contribution in [1.29, 1.82) is 0 Å². The highest BCUT2D eigenvalue weighted by atomic mass is 32.2. The van der Waals surface area contributed by atoms with E-state index >= 15 is 0 Å². The van der Waals surface area contributed by atoms with Gasteiger partial charge >= 0.3 is 0 Å². The Bertz CT molecular complexity index is 810. The molecule has 0 bridgehead atoms. The number of amides is 1. The molecule has 2 N–H and O–H groups in total. The van der Waals surface area contributed by atoms with Crippen LogP contribution < -0.4 is 10.0 Å². The Kier molecular flexibility index (Phi) is 5.69. The van der Waals surface area contributed by atoms with Crippen LogP contribution >= 0.6 is 0 Å². The maximum Gasteiger partial charge on any atom is 0.244 e. The van der Waals surface area contributed by atoms with Crippen molar-refractivity contribution < 1.29 is 17.6 Å². The van der Waals surface area contributed by atoms with Gasteiger partial charge < -0.3 is 5.32 Å². The summed E-state index contributed by atoms with van der Waals surface area (Å²) in [4.78, 5) is 11.7. The van der Waals surface area contributed by atoms with Crippen LogP contribution in [0, 0.1) is 5.82 Å². The van der Waals surface area contributed by atoms with Crippen molar-refractivity contribution in [3.63, 3.8) is 0 Å². The van der Waals surface area contributed by atoms with Crippen molar-refractivity contribution in [2.45, 2.75) is 30.8 Å². The van der Waals surface area contributed by atoms with E-state index in [4.69, 9.17) is 0 Å². The predicted molar refractivity (Wildman–Crippen MR) is 89.2 cm³/mol. The second-order valence-electron chi connectivity index (χ2n) is 5.41. The molecule has 0 saturated heterocycles. The smallest absolute Gasteiger partial charge is 0.244 e. The first-order valence-electron chi connectivity index (χ1n) is 7.43. The van der Waals surface area contributed by atoms with Crippen molar-refractivity contribution in [3.05, 3.63) is 66.0 Å². The summed E-state index contributed by atoms with van der Waals surface area (Å²) in [6, 6.07) is 13.0. The van der Waals surface area contributed by atoms with E-state index in [-0.39, 0.29) is 6.04 Å². The fraction of sp³-hybridized carbons (Fsp3) is 0.235. The molecule has 2 aromatic rings. The van der Waals surface area contributed by atoms with Crippen molar-refractivity contribution in [2.75, 3.05) is 0 Å². The summed E-state index contributed by atoms with van der Waals surface area (Å²) in [5.74, 6) is -1.36. The fourth-order valence-corrected chi connectivity index (χ4v) is 3.46. The van der Waals surface area contributed by atoms with E-state index < -0.39 is 32.7 Å². The Morgan fingerprint density at radius 1 is 1.00 bits per heavy atom. The number of carbonyl (C=O) groups excluding carboxylic acids is 1. The Morgan fingerprint density at radius 2 is 1.58 bits per heavy atom. The van der Waals surface area contributed by atoms with Gasteiger partial charge in [-0.15, -0.1) is 0 Å². The van der Waals surface area contributed by atoms with E-state index in [0.717, 1.165) is 17.7 Å². The van der Waals surface area contributed by atoms with Gasteiger partial charge in [-0.05, 0) is 31.5 Å². The third-order valence-electron chi connectivity index (χ3n) is 3.51. The quantitative estimate of drug-likeness (QED) is 0.840. The lowest BCUT2D eigenvalue weighted by Crippen LogP contribution is -2.45. The summed E-state index contributed by atoms with van der Waals surface area (Å²) in [7, 11) is -4.12. The highest BCUT2D eigenvalue weighted by Crippen LogP contribution is 2.14. The molecule has 0 heterocycles. The maximum absolute atomic E-state index is 13.6. The number of nitrogens with one attached hydrogen (secondary N) is 2. The molecule has 0 radical (unpaired) electrons. The van der Waals surface area contributed by atoms with E-state index in [9.17, 15) is 17.6 Å². The van der Waals surface area contributed by atoms with E-state index in [1.54, 1.807) is 6.92 Å². The molecule has 24 heavy (non-hydrogen) atoms. The van der Waals surface area contributed by atoms with Gasteiger partial charge in [0, 0.05) is 0 Å². The van der Waals surface area contributed by atoms with E-state index in [0.29, 0.717) is 0 Å². The number of hydrogen-bond donors (Lipinski definition) is 2. The van der Waals surface area contributed by atoms with E-state index in [2.05, 4.69) is 10.0 Å². The van der Waals surface area contributed by atoms with Crippen LogP contribution in [0.5, 0.6) is 0 Å². The lowest BCUT2D eigenvalue weighted by Gasteiger charge is -2.19. The molecule has 0 aliphatic carbocycles. The zero-order valence-electron chi connectivity index (χ0n) is 13.4. The topological polar surface area (TPSA) is 75.3 Å². The number of rotatable bonds is 6. The zero-order chi connectivity index (χ0) is 17.7. The van der Waals surface area contributed by atoms with Gasteiger partial charge in [0.05, 0.1) is 12.1 Å². The molecule has 0 saturated carbocycles. The molecule has 0 aliphatic heterocycles. The minimum Gasteiger partial charge on any atom is -0.348 e. The molecule has 0 aliphatic rings. The van der Waals surface area contributed by atoms with Crippen LogP contribution in [-0.4, -0.2) is 20.4 Å². The van der Waals surface area contributed by atoms with Gasteiger partial charge in [0.1, 0.15) is 10.7 Å². The maximum atomic E-state index is 13.6. The summed E-state index contributed by atoms with van der Waals surface area (Å²) >= 11 is 0. The van der Waals surface area contributed by atoms with Crippen LogP contribution in [0.4, 0.5) is 4.39 Å². The number of carbonyl (C=O) groups is 1. The molecule has 2 rings (SSSR count). The summed E-state index contributed by atoms with van der Waals surface area (Å²) < 4.78 is 40.2. The highest BCUT2D eigenvalue weighted by Gasteiger charge is 2.25. The number of sulfonamides is 1. The molecule has 1 amide bonds. The third kappa shape index (κ3) is 4.39. The van der Waals surface area contributed by atoms with Crippen LogP contribution in [-0.2, 0) is 14.8 Å². The molecule has 0 aromatic heterocycles. The normalized spacial score (nSPS) is 14.0. The summed E-state index contributed by atoms with van der Waals surface area (Å²) in [6.45, 7) is 3.21. The Morgan fingerprint density at radius 3 is 2.21 bits per heavy atom. The third-order valence-corrected chi connectivity index (χ3v) is 5.08. The lowest BCUT2D eigenvalue weighted by molar-refractivity contribution is -0.123. The Hall–Kier alpha value is -2.25. The van der Waals surface area contributed by atoms with Gasteiger partial charge in [-0.25, -0.2) is 12.8 Å². The molecule has 128 valence electrons. The van der Waals surface area contributed by atoms with Crippen LogP contribution in [0.3, 0.4) is 0 Å². The monoisotopic (exact) mass is 350 g/mol. The van der Waals surface area contributed by atoms with E-state index in [1.807, 2.05) is 30.3 Å². The largest absolute Gasteiger partial charge is 0.348 e. The minimum atomic E-state index is -4.12. The molecule has 5 nitrogen and oxygen atoms in total. The summed E-state index contributed by atoms with van der Waals surface area (Å²) in [5, 5.41) is 2.72. The van der Waals surface area contributed by atoms with Gasteiger partial charge in [0.25, 0.3) is 0 Å². The standard InChI is InChI=1S/C17H19FN2O3S/c1-12(14-8-4-3-5-9-14)19-17(21)13(2)20-24(22,23)16-11-7-6-10-15(16)18/h3-13,20H,1-2H3,(H,19,21)/t12?,13-/m0/s1. The van der Waals surface area contributed by atoms with Gasteiger partial charge in [0.15, 0.2) is 0 Å². The molecule has 0 fully saturated rings. The molecule has 0 spiro atoms. The first kappa shape index (κ1) is 18.1. The first-order valence-corrected chi connectivity index (χ1v) is 8.92. The van der Waals surface area contributed by atoms with Crippen LogP contribution in [0.15, 0.2) is 59.5 Å². The average molecular weight is 350 g/mol. The van der Waals surface area contributed by atoms with Gasteiger partial charge in [-0.2, -0.15) is 4.72 Å². The van der Waals surface area contributed by atoms with E-state index in [1.165, 1.54) is 19.1 Å². The van der Waals surface area contributed by atoms with Crippen molar-refractivity contribution >= 4 is 15.9 Å². The Balaban J connectivity index is 2.05. The van der Waals surface area contributed by atoms with Crippen molar-refractivity contribution in [2.24, 2.45) is 0 Å². The number of halogens is 1. The first-order chi connectivity index (χ1) is 11.3. The Labute approximate surface area is 141 Å². The predicted octanol–water partition coefficient (Wildman–Crippen LogP) is 2.37. The number of hydrogen-bond acceptors (Lipinski definition) is 3. The molecular weight excluding hydrogens is 331 g/mol. The fourth-order valence-electron chi connectivity index (χ4n) is 2.18. The molecular formula is C17H19FN2O3S. The van der Waals surface area contributed by atoms with Gasteiger partial charge in [-0.1, -0.05) is 42.5 Å². The van der Waals surface area contributed by atoms with Crippen molar-refractivity contribution in [1.82, 2.24) is 10.0 Å². The van der Waals surface area contributed by atoms with Gasteiger partial charge in [-0.3, -0.25) is 4.79 Å². The summed E-state index contributed by atoms with van der Waals surface area (Å²) in [5.41, 5.74) is 0.898. The van der Waals surface area contributed by atoms with Gasteiger partial charge in [0.2, 0.25) is 15.9 Å². The SMILES string of the molecule is CC(NC(=O)[C@H](C)NS(=O)(=O)c1ccccc1F)c1ccccc1. The second-order valence-corrected chi connectivity index (χ2v) is 7.10. The molecule has 1 unspecified atom stereocenters. The molecule has 2 atom stereocenters. The number of benzene rings is 2. The average Bonchev–Trinajstić information content (AvgIpc) is 2.55. The zero-order valence-corrected chi connectivity index (χ0v) is 14.2. The van der Waals surface area contributed by atoms with Crippen LogP contribution in [0.25, 0.3) is 0 Å². The summed E-state index contributed by atoms with van der Waals surface area (Å²) in [6.07, 6.45) is 0. The highest BCUT2D eigenvalue weighted by molar-refractivity contribution is 7.89.